The summed E-state index contributed by atoms with van der Waals surface area (Å²) in [5.74, 6) is 1.90. The monoisotopic (exact) mass is 361 g/mol. The summed E-state index contributed by atoms with van der Waals surface area (Å²) in [6.45, 7) is 8.82. The fourth-order valence-electron chi connectivity index (χ4n) is 6.97. The highest BCUT2D eigenvalue weighted by molar-refractivity contribution is 6.30. The number of nitrogens with one attached hydrogen (secondary N) is 1. The predicted molar refractivity (Wildman–Crippen MR) is 104 cm³/mol. The van der Waals surface area contributed by atoms with Gasteiger partial charge in [0.2, 0.25) is 0 Å². The van der Waals surface area contributed by atoms with E-state index in [2.05, 4.69) is 32.2 Å². The van der Waals surface area contributed by atoms with Gasteiger partial charge in [0.05, 0.1) is 6.61 Å². The predicted octanol–water partition coefficient (Wildman–Crippen LogP) is 5.97. The molecule has 25 heavy (non-hydrogen) atoms. The summed E-state index contributed by atoms with van der Waals surface area (Å²) in [7, 11) is 0. The van der Waals surface area contributed by atoms with Gasteiger partial charge in [-0.2, -0.15) is 0 Å². The molecule has 0 amide bonds. The van der Waals surface area contributed by atoms with Gasteiger partial charge in [0.15, 0.2) is 0 Å². The second kappa shape index (κ2) is 6.16. The molecule has 0 aliphatic heterocycles. The van der Waals surface area contributed by atoms with E-state index in [1.165, 1.54) is 44.1 Å². The summed E-state index contributed by atoms with van der Waals surface area (Å²) in [6, 6.07) is 6.03. The van der Waals surface area contributed by atoms with Crippen LogP contribution in [0.3, 0.4) is 0 Å². The zero-order valence-corrected chi connectivity index (χ0v) is 16.7. The Balaban J connectivity index is 1.53. The molecule has 0 heterocycles. The fourth-order valence-corrected chi connectivity index (χ4v) is 7.16. The summed E-state index contributed by atoms with van der Waals surface area (Å²) in [5, 5.41) is 4.80. The Morgan fingerprint density at radius 3 is 2.48 bits per heavy atom. The van der Waals surface area contributed by atoms with Crippen molar-refractivity contribution in [2.24, 2.45) is 16.7 Å². The Hall–Kier alpha value is -0.730. The van der Waals surface area contributed by atoms with Gasteiger partial charge in [-0.3, -0.25) is 0 Å². The van der Waals surface area contributed by atoms with Gasteiger partial charge in [-0.25, -0.2) is 0 Å². The lowest BCUT2D eigenvalue weighted by Crippen LogP contribution is -2.63. The van der Waals surface area contributed by atoms with Crippen molar-refractivity contribution < 1.29 is 4.74 Å². The molecule has 4 aliphatic carbocycles. The van der Waals surface area contributed by atoms with Crippen molar-refractivity contribution in [1.82, 2.24) is 5.32 Å². The standard InChI is InChI=1S/C22H32ClNO/c1-4-7-25-19-6-5-18(23)8-17(19)12-24-22-11-16-9-20(2,14-22)13-21(3,10-16)15-22/h5-6,8,16,24H,4,7,9-15H2,1-3H3/t16?,20-,21+,22?. The van der Waals surface area contributed by atoms with Crippen molar-refractivity contribution in [2.45, 2.75) is 77.8 Å². The largest absolute Gasteiger partial charge is 0.493 e. The molecule has 0 aromatic heterocycles. The molecule has 4 fully saturated rings. The maximum atomic E-state index is 6.27. The van der Waals surface area contributed by atoms with Crippen molar-refractivity contribution in [3.63, 3.8) is 0 Å². The lowest BCUT2D eigenvalue weighted by molar-refractivity contribution is -0.118. The first-order valence-electron chi connectivity index (χ1n) is 9.99. The highest BCUT2D eigenvalue weighted by Gasteiger charge is 2.59. The highest BCUT2D eigenvalue weighted by Crippen LogP contribution is 2.66. The van der Waals surface area contributed by atoms with E-state index in [0.29, 0.717) is 16.4 Å². The molecule has 1 aromatic rings. The van der Waals surface area contributed by atoms with Gasteiger partial charge < -0.3 is 10.1 Å². The number of ether oxygens (including phenoxy) is 1. The van der Waals surface area contributed by atoms with Crippen LogP contribution in [0.1, 0.15) is 71.3 Å². The molecule has 4 bridgehead atoms. The second-order valence-electron chi connectivity index (χ2n) is 9.86. The van der Waals surface area contributed by atoms with Crippen LogP contribution >= 0.6 is 11.6 Å². The average molecular weight is 362 g/mol. The molecule has 1 N–H and O–H groups in total. The van der Waals surface area contributed by atoms with Gasteiger partial charge in [-0.1, -0.05) is 32.4 Å². The van der Waals surface area contributed by atoms with E-state index in [9.17, 15) is 0 Å². The van der Waals surface area contributed by atoms with E-state index >= 15 is 0 Å². The lowest BCUT2D eigenvalue weighted by Gasteiger charge is -2.65. The third-order valence-corrected chi connectivity index (χ3v) is 7.00. The van der Waals surface area contributed by atoms with E-state index < -0.39 is 0 Å². The van der Waals surface area contributed by atoms with Gasteiger partial charge in [0, 0.05) is 22.7 Å². The first-order chi connectivity index (χ1) is 11.8. The molecule has 4 aliphatic rings. The van der Waals surface area contributed by atoms with Crippen molar-refractivity contribution in [3.8, 4) is 5.75 Å². The van der Waals surface area contributed by atoms with Crippen LogP contribution in [0, 0.1) is 16.7 Å². The first-order valence-corrected chi connectivity index (χ1v) is 10.4. The molecule has 138 valence electrons. The molecule has 1 aromatic carbocycles. The van der Waals surface area contributed by atoms with Crippen molar-refractivity contribution in [3.05, 3.63) is 28.8 Å². The zero-order chi connectivity index (χ0) is 17.7. The summed E-state index contributed by atoms with van der Waals surface area (Å²) in [4.78, 5) is 0. The Morgan fingerprint density at radius 2 is 1.84 bits per heavy atom. The van der Waals surface area contributed by atoms with Gasteiger partial charge in [-0.05, 0) is 79.9 Å². The van der Waals surface area contributed by atoms with Crippen LogP contribution in [0.25, 0.3) is 0 Å². The molecule has 2 nitrogen and oxygen atoms in total. The molecule has 0 saturated heterocycles. The maximum Gasteiger partial charge on any atom is 0.123 e. The first kappa shape index (κ1) is 17.7. The molecule has 0 spiro atoms. The lowest BCUT2D eigenvalue weighted by atomic mass is 9.43. The summed E-state index contributed by atoms with van der Waals surface area (Å²) >= 11 is 6.27. The SMILES string of the molecule is CCCOc1ccc(Cl)cc1CNC12CC3C[C@@](C)(C1)C[C@](C)(C3)C2. The molecule has 4 saturated carbocycles. The quantitative estimate of drug-likeness (QED) is 0.674. The summed E-state index contributed by atoms with van der Waals surface area (Å²) in [6.07, 6.45) is 9.33. The Labute approximate surface area is 157 Å². The molecule has 0 radical (unpaired) electrons. The Kier molecular flexibility index (Phi) is 4.36. The molecule has 2 unspecified atom stereocenters. The third-order valence-electron chi connectivity index (χ3n) is 6.76. The van der Waals surface area contributed by atoms with Crippen LogP contribution in [-0.2, 0) is 6.54 Å². The Morgan fingerprint density at radius 1 is 1.12 bits per heavy atom. The normalized spacial score (nSPS) is 39.0. The molecule has 5 rings (SSSR count). The van der Waals surface area contributed by atoms with E-state index in [1.807, 2.05) is 12.1 Å². The maximum absolute atomic E-state index is 6.27. The van der Waals surface area contributed by atoms with Crippen molar-refractivity contribution >= 4 is 11.6 Å². The molecular formula is C22H32ClNO. The smallest absolute Gasteiger partial charge is 0.123 e. The van der Waals surface area contributed by atoms with Gasteiger partial charge in [0.25, 0.3) is 0 Å². The minimum atomic E-state index is 0.313. The van der Waals surface area contributed by atoms with Crippen LogP contribution in [-0.4, -0.2) is 12.1 Å². The molecule has 3 heteroatoms. The summed E-state index contributed by atoms with van der Waals surface area (Å²) in [5.41, 5.74) is 2.59. The number of rotatable bonds is 6. The third kappa shape index (κ3) is 3.45. The Bertz CT molecular complexity index is 639. The van der Waals surface area contributed by atoms with Crippen LogP contribution in [0.5, 0.6) is 5.75 Å². The van der Waals surface area contributed by atoms with Crippen LogP contribution in [0.15, 0.2) is 18.2 Å². The van der Waals surface area contributed by atoms with Crippen molar-refractivity contribution in [2.75, 3.05) is 6.61 Å². The van der Waals surface area contributed by atoms with Gasteiger partial charge in [-0.15, -0.1) is 0 Å². The minimum absolute atomic E-state index is 0.313. The van der Waals surface area contributed by atoms with Crippen LogP contribution in [0.4, 0.5) is 0 Å². The number of benzene rings is 1. The molecule has 4 atom stereocenters. The van der Waals surface area contributed by atoms with Crippen molar-refractivity contribution in [1.29, 1.82) is 0 Å². The number of halogens is 1. The highest BCUT2D eigenvalue weighted by atomic mass is 35.5. The minimum Gasteiger partial charge on any atom is -0.493 e. The number of hydrogen-bond donors (Lipinski definition) is 1. The van der Waals surface area contributed by atoms with Gasteiger partial charge >= 0.3 is 0 Å². The van der Waals surface area contributed by atoms with E-state index in [1.54, 1.807) is 0 Å². The van der Waals surface area contributed by atoms with Gasteiger partial charge in [0.1, 0.15) is 5.75 Å². The number of hydrogen-bond acceptors (Lipinski definition) is 2. The van der Waals surface area contributed by atoms with E-state index in [0.717, 1.165) is 36.3 Å². The van der Waals surface area contributed by atoms with Crippen LogP contribution in [0.2, 0.25) is 5.02 Å². The van der Waals surface area contributed by atoms with E-state index in [-0.39, 0.29) is 0 Å². The average Bonchev–Trinajstić information content (AvgIpc) is 2.48. The topological polar surface area (TPSA) is 21.3 Å². The second-order valence-corrected chi connectivity index (χ2v) is 10.3. The fraction of sp³-hybridized carbons (Fsp3) is 0.727. The van der Waals surface area contributed by atoms with E-state index in [4.69, 9.17) is 16.3 Å². The molecular weight excluding hydrogens is 330 g/mol. The zero-order valence-electron chi connectivity index (χ0n) is 16.0. The summed E-state index contributed by atoms with van der Waals surface area (Å²) < 4.78 is 5.95. The van der Waals surface area contributed by atoms with Crippen LogP contribution < -0.4 is 10.1 Å².